The molecule has 2 amide bonds. The van der Waals surface area contributed by atoms with Gasteiger partial charge in [-0.05, 0) is 75.7 Å². The molecule has 0 aliphatic carbocycles. The Morgan fingerprint density at radius 2 is 1.88 bits per heavy atom. The monoisotopic (exact) mass is 356 g/mol. The van der Waals surface area contributed by atoms with Gasteiger partial charge < -0.3 is 4.90 Å². The number of anilines is 1. The van der Waals surface area contributed by atoms with Crippen LogP contribution in [0.25, 0.3) is 11.6 Å². The Kier molecular flexibility index (Phi) is 4.31. The lowest BCUT2D eigenvalue weighted by Crippen LogP contribution is -2.42. The summed E-state index contributed by atoms with van der Waals surface area (Å²) in [6, 6.07) is 6.07. The van der Waals surface area contributed by atoms with Crippen molar-refractivity contribution in [3.63, 3.8) is 0 Å². The lowest BCUT2D eigenvalue weighted by molar-refractivity contribution is -0.123. The molecule has 1 aromatic carbocycles. The molecular formula is C20H24N2O2S. The molecule has 0 radical (unpaired) electrons. The van der Waals surface area contributed by atoms with Crippen molar-refractivity contribution in [1.82, 2.24) is 4.90 Å². The first kappa shape index (κ1) is 17.8. The average molecular weight is 356 g/mol. The number of carbonyl (C=O) groups is 2. The lowest BCUT2D eigenvalue weighted by atomic mass is 9.88. The van der Waals surface area contributed by atoms with Crippen LogP contribution in [0.5, 0.6) is 0 Å². The number of allylic oxidation sites excluding steroid dienone is 1. The second kappa shape index (κ2) is 6.06. The number of thioether (sulfide) groups is 1. The molecule has 5 heteroatoms. The molecule has 2 heterocycles. The summed E-state index contributed by atoms with van der Waals surface area (Å²) in [7, 11) is 2.09. The van der Waals surface area contributed by atoms with Gasteiger partial charge in [0.2, 0.25) is 0 Å². The molecule has 1 saturated heterocycles. The summed E-state index contributed by atoms with van der Waals surface area (Å²) in [5.41, 5.74) is 4.48. The molecule has 0 spiro atoms. The summed E-state index contributed by atoms with van der Waals surface area (Å²) in [6.07, 6.45) is 4.08. The Hall–Kier alpha value is -2.01. The highest BCUT2D eigenvalue weighted by molar-refractivity contribution is 8.18. The van der Waals surface area contributed by atoms with E-state index in [2.05, 4.69) is 50.9 Å². The smallest absolute Gasteiger partial charge is 0.293 e. The first-order chi connectivity index (χ1) is 11.6. The average Bonchev–Trinajstić information content (AvgIpc) is 2.79. The van der Waals surface area contributed by atoms with Gasteiger partial charge in [0.1, 0.15) is 0 Å². The lowest BCUT2D eigenvalue weighted by Gasteiger charge is -2.40. The molecule has 2 aliphatic heterocycles. The SMILES string of the molecule is CC1=CC(C)(C)N(C)c2ccc(/C=C3\SC(=O)N(C(C)C)C3=O)cc21. The minimum absolute atomic E-state index is 0.0292. The van der Waals surface area contributed by atoms with E-state index in [0.29, 0.717) is 4.91 Å². The minimum Gasteiger partial charge on any atom is -0.366 e. The van der Waals surface area contributed by atoms with Crippen molar-refractivity contribution in [2.45, 2.75) is 46.2 Å². The van der Waals surface area contributed by atoms with E-state index in [1.165, 1.54) is 21.7 Å². The van der Waals surface area contributed by atoms with Gasteiger partial charge in [-0.25, -0.2) is 0 Å². The predicted molar refractivity (Wildman–Crippen MR) is 106 cm³/mol. The largest absolute Gasteiger partial charge is 0.366 e. The number of hydrogen-bond donors (Lipinski definition) is 0. The van der Waals surface area contributed by atoms with Crippen LogP contribution in [0.2, 0.25) is 0 Å². The van der Waals surface area contributed by atoms with Crippen molar-refractivity contribution in [3.05, 3.63) is 40.3 Å². The van der Waals surface area contributed by atoms with Crippen LogP contribution in [-0.4, -0.2) is 34.7 Å². The highest BCUT2D eigenvalue weighted by atomic mass is 32.2. The summed E-state index contributed by atoms with van der Waals surface area (Å²) in [5.74, 6) is -0.201. The Labute approximate surface area is 153 Å². The van der Waals surface area contributed by atoms with Crippen LogP contribution < -0.4 is 4.90 Å². The minimum atomic E-state index is -0.201. The molecular weight excluding hydrogens is 332 g/mol. The van der Waals surface area contributed by atoms with Gasteiger partial charge in [-0.3, -0.25) is 14.5 Å². The van der Waals surface area contributed by atoms with E-state index in [0.717, 1.165) is 17.3 Å². The van der Waals surface area contributed by atoms with Crippen molar-refractivity contribution in [1.29, 1.82) is 0 Å². The Balaban J connectivity index is 1.98. The maximum atomic E-state index is 12.4. The second-order valence-corrected chi connectivity index (χ2v) is 8.46. The quantitative estimate of drug-likeness (QED) is 0.716. The van der Waals surface area contributed by atoms with Gasteiger partial charge in [-0.1, -0.05) is 12.1 Å². The highest BCUT2D eigenvalue weighted by Crippen LogP contribution is 2.39. The molecule has 0 unspecified atom stereocenters. The van der Waals surface area contributed by atoms with Crippen molar-refractivity contribution < 1.29 is 9.59 Å². The van der Waals surface area contributed by atoms with E-state index in [1.54, 1.807) is 0 Å². The molecule has 2 aliphatic rings. The number of fused-ring (bicyclic) bond motifs is 1. The number of hydrogen-bond acceptors (Lipinski definition) is 4. The third kappa shape index (κ3) is 3.01. The zero-order chi connectivity index (χ0) is 18.5. The molecule has 3 rings (SSSR count). The number of imide groups is 1. The van der Waals surface area contributed by atoms with Gasteiger partial charge in [0.25, 0.3) is 11.1 Å². The van der Waals surface area contributed by atoms with E-state index < -0.39 is 0 Å². The number of nitrogens with zero attached hydrogens (tertiary/aromatic N) is 2. The van der Waals surface area contributed by atoms with E-state index in [1.807, 2.05) is 26.0 Å². The summed E-state index contributed by atoms with van der Waals surface area (Å²) < 4.78 is 0. The van der Waals surface area contributed by atoms with Gasteiger partial charge >= 0.3 is 0 Å². The van der Waals surface area contributed by atoms with Crippen molar-refractivity contribution in [2.24, 2.45) is 0 Å². The maximum Gasteiger partial charge on any atom is 0.293 e. The van der Waals surface area contributed by atoms with Crippen LogP contribution in [0.4, 0.5) is 10.5 Å². The first-order valence-corrected chi connectivity index (χ1v) is 9.28. The number of benzene rings is 1. The summed E-state index contributed by atoms with van der Waals surface area (Å²) in [4.78, 5) is 28.5. The summed E-state index contributed by atoms with van der Waals surface area (Å²) in [6.45, 7) is 10.2. The zero-order valence-corrected chi connectivity index (χ0v) is 16.4. The topological polar surface area (TPSA) is 40.6 Å². The van der Waals surface area contributed by atoms with Gasteiger partial charge in [-0.15, -0.1) is 0 Å². The van der Waals surface area contributed by atoms with Crippen molar-refractivity contribution >= 4 is 40.2 Å². The molecule has 25 heavy (non-hydrogen) atoms. The van der Waals surface area contributed by atoms with Crippen molar-refractivity contribution in [2.75, 3.05) is 11.9 Å². The molecule has 1 aromatic rings. The van der Waals surface area contributed by atoms with Crippen LogP contribution in [0.1, 0.15) is 45.7 Å². The molecule has 0 atom stereocenters. The Morgan fingerprint density at radius 3 is 2.48 bits per heavy atom. The molecule has 132 valence electrons. The van der Waals surface area contributed by atoms with E-state index in [9.17, 15) is 9.59 Å². The normalized spacial score (nSPS) is 21.2. The van der Waals surface area contributed by atoms with Crippen LogP contribution >= 0.6 is 11.8 Å². The molecule has 0 bridgehead atoms. The molecule has 0 N–H and O–H groups in total. The third-order valence-corrected chi connectivity index (χ3v) is 5.76. The van der Waals surface area contributed by atoms with Crippen LogP contribution in [0, 0.1) is 0 Å². The number of carbonyl (C=O) groups excluding carboxylic acids is 2. The zero-order valence-electron chi connectivity index (χ0n) is 15.6. The van der Waals surface area contributed by atoms with Gasteiger partial charge in [0.05, 0.1) is 10.4 Å². The van der Waals surface area contributed by atoms with Gasteiger partial charge in [0.15, 0.2) is 0 Å². The number of rotatable bonds is 2. The van der Waals surface area contributed by atoms with E-state index >= 15 is 0 Å². The second-order valence-electron chi connectivity index (χ2n) is 7.46. The molecule has 0 saturated carbocycles. The Morgan fingerprint density at radius 1 is 1.20 bits per heavy atom. The Bertz CT molecular complexity index is 821. The van der Waals surface area contributed by atoms with Crippen LogP contribution in [0.15, 0.2) is 29.2 Å². The standard InChI is InChI=1S/C20H24N2O2S/c1-12(2)22-18(23)17(25-19(22)24)10-14-7-8-16-15(9-14)13(3)11-20(4,5)21(16)6/h7-12H,1-6H3/b17-10-. The first-order valence-electron chi connectivity index (χ1n) is 8.46. The molecule has 4 nitrogen and oxygen atoms in total. The highest BCUT2D eigenvalue weighted by Gasteiger charge is 2.36. The number of likely N-dealkylation sites (N-methyl/N-ethyl adjacent to an activating group) is 1. The van der Waals surface area contributed by atoms with E-state index in [4.69, 9.17) is 0 Å². The predicted octanol–water partition coefficient (Wildman–Crippen LogP) is 4.76. The maximum absolute atomic E-state index is 12.4. The van der Waals surface area contributed by atoms with Crippen molar-refractivity contribution in [3.8, 4) is 0 Å². The fourth-order valence-corrected chi connectivity index (χ4v) is 4.30. The fourth-order valence-electron chi connectivity index (χ4n) is 3.34. The van der Waals surface area contributed by atoms with Gasteiger partial charge in [-0.2, -0.15) is 0 Å². The third-order valence-electron chi connectivity index (χ3n) is 4.88. The van der Waals surface area contributed by atoms with Gasteiger partial charge in [0, 0.05) is 24.3 Å². The van der Waals surface area contributed by atoms with Crippen LogP contribution in [0.3, 0.4) is 0 Å². The van der Waals surface area contributed by atoms with Crippen LogP contribution in [-0.2, 0) is 4.79 Å². The summed E-state index contributed by atoms with van der Waals surface area (Å²) >= 11 is 1.02. The molecule has 1 fully saturated rings. The summed E-state index contributed by atoms with van der Waals surface area (Å²) in [5, 5.41) is -0.193. The fraction of sp³-hybridized carbons (Fsp3) is 0.400. The molecule has 0 aromatic heterocycles. The van der Waals surface area contributed by atoms with E-state index in [-0.39, 0.29) is 22.7 Å². The number of amides is 2.